The number of alkyl carbamates (subject to hydrolysis) is 3. The Labute approximate surface area is 373 Å². The molecule has 3 amide bonds. The molecule has 0 saturated heterocycles. The lowest BCUT2D eigenvalue weighted by Gasteiger charge is -2.14. The van der Waals surface area contributed by atoms with Crippen molar-refractivity contribution in [3.8, 4) is 0 Å². The monoisotopic (exact) mass is 908 g/mol. The van der Waals surface area contributed by atoms with E-state index in [-0.39, 0.29) is 68.5 Å². The van der Waals surface area contributed by atoms with Crippen molar-refractivity contribution < 1.29 is 61.6 Å². The summed E-state index contributed by atoms with van der Waals surface area (Å²) in [6.07, 6.45) is 5.42. The van der Waals surface area contributed by atoms with Gasteiger partial charge in [0.05, 0.1) is 0 Å². The molecule has 0 bridgehead atoms. The number of aromatic nitrogens is 2. The minimum Gasteiger partial charge on any atom is -0.459 e. The van der Waals surface area contributed by atoms with E-state index < -0.39 is 53.7 Å². The van der Waals surface area contributed by atoms with E-state index in [1.807, 2.05) is 0 Å². The van der Waals surface area contributed by atoms with Crippen molar-refractivity contribution in [3.63, 3.8) is 0 Å². The van der Waals surface area contributed by atoms with Gasteiger partial charge in [-0.1, -0.05) is 58.3 Å². The van der Waals surface area contributed by atoms with Crippen molar-refractivity contribution in [2.45, 2.75) is 124 Å². The summed E-state index contributed by atoms with van der Waals surface area (Å²) in [5, 5.41) is 7.91. The molecular weight excluding hydrogens is 840 g/mol. The number of unbranched alkanes of at least 4 members (excludes halogenated alkanes) is 9. The summed E-state index contributed by atoms with van der Waals surface area (Å²) in [7, 11) is 0. The minimum atomic E-state index is -0.814. The van der Waals surface area contributed by atoms with Crippen molar-refractivity contribution in [1.29, 1.82) is 0 Å². The molecule has 1 aromatic rings. The van der Waals surface area contributed by atoms with Crippen LogP contribution in [-0.2, 0) is 55.9 Å². The first-order valence-electron chi connectivity index (χ1n) is 21.6. The van der Waals surface area contributed by atoms with Crippen LogP contribution >= 0.6 is 0 Å². The van der Waals surface area contributed by atoms with Gasteiger partial charge in [0.1, 0.15) is 39.1 Å². The van der Waals surface area contributed by atoms with Crippen molar-refractivity contribution in [3.05, 3.63) is 63.2 Å². The van der Waals surface area contributed by atoms with Crippen LogP contribution in [0, 0.1) is 0 Å². The van der Waals surface area contributed by atoms with E-state index in [1.165, 1.54) is 25.3 Å². The molecule has 1 rings (SSSR count). The summed E-state index contributed by atoms with van der Waals surface area (Å²) < 4.78 is 37.8. The molecule has 0 radical (unpaired) electrons. The lowest BCUT2D eigenvalue weighted by Crippen LogP contribution is -2.47. The topological polar surface area (TPSA) is 263 Å². The Kier molecular flexibility index (Phi) is 29.2. The van der Waals surface area contributed by atoms with Crippen LogP contribution in [-0.4, -0.2) is 111 Å². The number of carbonyl (C=O) groups is 6. The highest BCUT2D eigenvalue weighted by atomic mass is 16.6. The van der Waals surface area contributed by atoms with Gasteiger partial charge in [0.25, 0.3) is 0 Å². The van der Waals surface area contributed by atoms with E-state index in [2.05, 4.69) is 40.7 Å². The van der Waals surface area contributed by atoms with E-state index in [9.17, 15) is 38.4 Å². The highest BCUT2D eigenvalue weighted by molar-refractivity contribution is 5.87. The van der Waals surface area contributed by atoms with Gasteiger partial charge in [0.15, 0.2) is 0 Å². The third kappa shape index (κ3) is 26.4. The van der Waals surface area contributed by atoms with Crippen molar-refractivity contribution in [2.24, 2.45) is 4.99 Å². The second-order valence-electron chi connectivity index (χ2n) is 14.8. The predicted octanol–water partition coefficient (Wildman–Crippen LogP) is 4.11. The number of rotatable bonds is 33. The molecule has 1 aromatic heterocycles. The van der Waals surface area contributed by atoms with Gasteiger partial charge in [0.2, 0.25) is 0 Å². The quantitative estimate of drug-likeness (QED) is 0.0388. The standard InChI is InChI=1S/C43H68N6O15/c1-31(2)35(50)58-26-28-60-39(53)45-21-15-9-8-14-20-44-38-48(24-18-12-10-16-22-46-40(54)61-29-27-59-36(51)32(3)4)42(56)49(43(57)64-38)25-19-13-11-17-23-47-41(55)63-34(7)30-62-37(52)33(5)6/h34H,1,3,5,8-30H2,2,4,6-7H3,(H,45,53)(H,46,54)(H,47,55). The molecule has 21 heteroatoms. The number of amides is 3. The van der Waals surface area contributed by atoms with Gasteiger partial charge in [-0.15, -0.1) is 0 Å². The molecule has 1 heterocycles. The number of carbonyl (C=O) groups excluding carboxylic acids is 6. The zero-order valence-electron chi connectivity index (χ0n) is 37.9. The summed E-state index contributed by atoms with van der Waals surface area (Å²) in [6, 6.07) is 0. The Bertz CT molecular complexity index is 1880. The van der Waals surface area contributed by atoms with E-state index in [4.69, 9.17) is 32.8 Å². The summed E-state index contributed by atoms with van der Waals surface area (Å²) in [6.45, 7) is 17.9. The summed E-state index contributed by atoms with van der Waals surface area (Å²) in [5.74, 6) is -2.50. The molecule has 3 N–H and O–H groups in total. The smallest absolute Gasteiger partial charge is 0.425 e. The van der Waals surface area contributed by atoms with Gasteiger partial charge >= 0.3 is 53.3 Å². The predicted molar refractivity (Wildman–Crippen MR) is 233 cm³/mol. The molecule has 0 fully saturated rings. The van der Waals surface area contributed by atoms with Crippen LogP contribution in [0.25, 0.3) is 0 Å². The maximum Gasteiger partial charge on any atom is 0.425 e. The fourth-order valence-corrected chi connectivity index (χ4v) is 5.28. The number of esters is 3. The normalized spacial score (nSPS) is 11.4. The first-order valence-corrected chi connectivity index (χ1v) is 21.6. The number of nitrogens with zero attached hydrogens (tertiary/aromatic N) is 3. The number of hydrogen-bond acceptors (Lipinski definition) is 16. The maximum atomic E-state index is 13.6. The first kappa shape index (κ1) is 55.9. The van der Waals surface area contributed by atoms with Crippen LogP contribution in [0.3, 0.4) is 0 Å². The van der Waals surface area contributed by atoms with Crippen molar-refractivity contribution >= 4 is 36.2 Å². The Morgan fingerprint density at radius 2 is 0.969 bits per heavy atom. The van der Waals surface area contributed by atoms with Crippen LogP contribution in [0.15, 0.2) is 55.5 Å². The molecule has 360 valence electrons. The molecule has 0 aliphatic heterocycles. The number of ether oxygens (including phenoxy) is 6. The molecule has 21 nitrogen and oxygen atoms in total. The van der Waals surface area contributed by atoms with E-state index in [0.717, 1.165) is 23.8 Å². The fourth-order valence-electron chi connectivity index (χ4n) is 5.28. The lowest BCUT2D eigenvalue weighted by atomic mass is 10.2. The first-order chi connectivity index (χ1) is 30.5. The van der Waals surface area contributed by atoms with Crippen LogP contribution in [0.5, 0.6) is 0 Å². The summed E-state index contributed by atoms with van der Waals surface area (Å²) in [4.78, 5) is 101. The SMILES string of the molecule is C=C(C)C(=O)OCCOC(=O)NCCCCCCN=c1oc(=O)n(CCCCCCNC(=O)OC(C)COC(=O)C(=C)C)c(=O)n1CCCCCCNC(=O)OCCOC(=O)C(=C)C. The lowest BCUT2D eigenvalue weighted by molar-refractivity contribution is -0.142. The van der Waals surface area contributed by atoms with Crippen LogP contribution in [0.2, 0.25) is 0 Å². The average molecular weight is 909 g/mol. The third-order valence-electron chi connectivity index (χ3n) is 8.75. The fraction of sp³-hybridized carbons (Fsp3) is 0.651. The van der Waals surface area contributed by atoms with Crippen molar-refractivity contribution in [1.82, 2.24) is 25.1 Å². The second kappa shape index (κ2) is 33.4. The van der Waals surface area contributed by atoms with E-state index >= 15 is 0 Å². The Morgan fingerprint density at radius 3 is 1.45 bits per heavy atom. The highest BCUT2D eigenvalue weighted by Gasteiger charge is 2.14. The van der Waals surface area contributed by atoms with E-state index in [1.54, 1.807) is 6.92 Å². The van der Waals surface area contributed by atoms with Gasteiger partial charge in [-0.2, -0.15) is 0 Å². The van der Waals surface area contributed by atoms with Gasteiger partial charge < -0.3 is 48.8 Å². The molecule has 1 atom stereocenters. The van der Waals surface area contributed by atoms with Gasteiger partial charge in [-0.3, -0.25) is 0 Å². The van der Waals surface area contributed by atoms with Gasteiger partial charge in [-0.25, -0.2) is 52.5 Å². The maximum absolute atomic E-state index is 13.6. The summed E-state index contributed by atoms with van der Waals surface area (Å²) >= 11 is 0. The number of hydrogen-bond donors (Lipinski definition) is 3. The van der Waals surface area contributed by atoms with Gasteiger partial charge in [0, 0.05) is 56.0 Å². The van der Waals surface area contributed by atoms with Gasteiger partial charge in [-0.05, 0) is 66.2 Å². The molecule has 0 spiro atoms. The Balaban J connectivity index is 2.66. The molecule has 0 aromatic carbocycles. The van der Waals surface area contributed by atoms with Crippen LogP contribution in [0.1, 0.15) is 105 Å². The Hall–Kier alpha value is -6.15. The highest BCUT2D eigenvalue weighted by Crippen LogP contribution is 2.04. The third-order valence-corrected chi connectivity index (χ3v) is 8.75. The number of nitrogens with one attached hydrogen (secondary N) is 3. The van der Waals surface area contributed by atoms with Crippen LogP contribution < -0.4 is 33.1 Å². The van der Waals surface area contributed by atoms with E-state index in [0.29, 0.717) is 84.0 Å². The largest absolute Gasteiger partial charge is 0.459 e. The minimum absolute atomic E-state index is 0.0656. The average Bonchev–Trinajstić information content (AvgIpc) is 3.24. The molecule has 1 unspecified atom stereocenters. The molecule has 0 saturated carbocycles. The van der Waals surface area contributed by atoms with Crippen molar-refractivity contribution in [2.75, 3.05) is 59.2 Å². The second-order valence-corrected chi connectivity index (χ2v) is 14.8. The molecule has 0 aliphatic rings. The van der Waals surface area contributed by atoms with Crippen LogP contribution in [0.4, 0.5) is 14.4 Å². The Morgan fingerprint density at radius 1 is 0.562 bits per heavy atom. The molecule has 0 aliphatic carbocycles. The molecule has 64 heavy (non-hydrogen) atoms. The zero-order chi connectivity index (χ0) is 47.7. The zero-order valence-corrected chi connectivity index (χ0v) is 37.9. The summed E-state index contributed by atoms with van der Waals surface area (Å²) in [5.41, 5.74) is 0.145. The molecular formula is C43H68N6O15.